The zero-order valence-corrected chi connectivity index (χ0v) is 11.9. The summed E-state index contributed by atoms with van der Waals surface area (Å²) in [5.74, 6) is 0.456. The van der Waals surface area contributed by atoms with E-state index in [2.05, 4.69) is 19.2 Å². The van der Waals surface area contributed by atoms with E-state index in [-0.39, 0.29) is 0 Å². The van der Waals surface area contributed by atoms with Crippen LogP contribution in [-0.2, 0) is 4.74 Å². The van der Waals surface area contributed by atoms with Gasteiger partial charge in [-0.05, 0) is 24.1 Å². The maximum Gasteiger partial charge on any atom is 0.101 e. The lowest BCUT2D eigenvalue weighted by Crippen LogP contribution is -2.25. The third-order valence-corrected chi connectivity index (χ3v) is 2.71. The molecule has 0 aromatic heterocycles. The maximum absolute atomic E-state index is 9.72. The molecule has 1 atom stereocenters. The zero-order chi connectivity index (χ0) is 14.3. The SMILES string of the molecule is CC(C)COCC(O)CNc1ccc(C#N)c(Cl)c1. The first kappa shape index (κ1) is 15.8. The quantitative estimate of drug-likeness (QED) is 0.807. The van der Waals surface area contributed by atoms with Crippen molar-refractivity contribution in [1.29, 1.82) is 5.26 Å². The van der Waals surface area contributed by atoms with E-state index in [1.807, 2.05) is 6.07 Å². The Hall–Kier alpha value is -1.28. The van der Waals surface area contributed by atoms with Crippen LogP contribution in [0.15, 0.2) is 18.2 Å². The highest BCUT2D eigenvalue weighted by Crippen LogP contribution is 2.20. The minimum Gasteiger partial charge on any atom is -0.389 e. The van der Waals surface area contributed by atoms with E-state index in [1.165, 1.54) is 0 Å². The van der Waals surface area contributed by atoms with Crippen LogP contribution in [0.4, 0.5) is 5.69 Å². The molecular weight excluding hydrogens is 264 g/mol. The minimum atomic E-state index is -0.576. The largest absolute Gasteiger partial charge is 0.389 e. The van der Waals surface area contributed by atoms with Crippen molar-refractivity contribution in [3.05, 3.63) is 28.8 Å². The van der Waals surface area contributed by atoms with Crippen molar-refractivity contribution < 1.29 is 9.84 Å². The van der Waals surface area contributed by atoms with Gasteiger partial charge in [0.05, 0.1) is 23.3 Å². The number of rotatable bonds is 7. The van der Waals surface area contributed by atoms with Crippen LogP contribution in [0.5, 0.6) is 0 Å². The van der Waals surface area contributed by atoms with E-state index in [4.69, 9.17) is 21.6 Å². The Balaban J connectivity index is 2.36. The molecular formula is C14H19ClN2O2. The molecule has 0 heterocycles. The molecule has 0 saturated heterocycles. The third-order valence-electron chi connectivity index (χ3n) is 2.39. The van der Waals surface area contributed by atoms with Gasteiger partial charge in [0.15, 0.2) is 0 Å². The molecule has 0 aliphatic rings. The first-order valence-electron chi connectivity index (χ1n) is 6.22. The van der Waals surface area contributed by atoms with Gasteiger partial charge in [-0.1, -0.05) is 25.4 Å². The van der Waals surface area contributed by atoms with Crippen molar-refractivity contribution >= 4 is 17.3 Å². The number of aliphatic hydroxyl groups is 1. The van der Waals surface area contributed by atoms with E-state index in [0.29, 0.717) is 36.3 Å². The summed E-state index contributed by atoms with van der Waals surface area (Å²) in [5, 5.41) is 21.9. The predicted molar refractivity (Wildman–Crippen MR) is 76.3 cm³/mol. The molecule has 0 spiro atoms. The van der Waals surface area contributed by atoms with Gasteiger partial charge in [-0.25, -0.2) is 0 Å². The molecule has 0 aliphatic carbocycles. The van der Waals surface area contributed by atoms with Crippen LogP contribution in [0.2, 0.25) is 5.02 Å². The number of ether oxygens (including phenoxy) is 1. The summed E-state index contributed by atoms with van der Waals surface area (Å²) in [6.07, 6.45) is -0.576. The van der Waals surface area contributed by atoms with Gasteiger partial charge in [0.25, 0.3) is 0 Å². The number of nitriles is 1. The Labute approximate surface area is 119 Å². The fraction of sp³-hybridized carbons (Fsp3) is 0.500. The number of benzene rings is 1. The van der Waals surface area contributed by atoms with Crippen molar-refractivity contribution in [3.63, 3.8) is 0 Å². The van der Waals surface area contributed by atoms with Crippen molar-refractivity contribution in [2.24, 2.45) is 5.92 Å². The van der Waals surface area contributed by atoms with Crippen LogP contribution in [0.1, 0.15) is 19.4 Å². The summed E-state index contributed by atoms with van der Waals surface area (Å²) in [6, 6.07) is 7.07. The maximum atomic E-state index is 9.72. The second-order valence-electron chi connectivity index (χ2n) is 4.77. The lowest BCUT2D eigenvalue weighted by molar-refractivity contribution is 0.0318. The Morgan fingerprint density at radius 3 is 2.74 bits per heavy atom. The normalized spacial score (nSPS) is 12.2. The summed E-state index contributed by atoms with van der Waals surface area (Å²) in [4.78, 5) is 0. The first-order chi connectivity index (χ1) is 9.02. The molecule has 2 N–H and O–H groups in total. The highest BCUT2D eigenvalue weighted by molar-refractivity contribution is 6.32. The van der Waals surface area contributed by atoms with Crippen molar-refractivity contribution in [2.75, 3.05) is 25.1 Å². The second kappa shape index (κ2) is 8.00. The van der Waals surface area contributed by atoms with Crippen LogP contribution >= 0.6 is 11.6 Å². The average Bonchev–Trinajstić information content (AvgIpc) is 2.36. The highest BCUT2D eigenvalue weighted by Gasteiger charge is 2.06. The van der Waals surface area contributed by atoms with Gasteiger partial charge in [-0.3, -0.25) is 0 Å². The number of aliphatic hydroxyl groups excluding tert-OH is 1. The summed E-state index contributed by atoms with van der Waals surface area (Å²) in [7, 11) is 0. The standard InChI is InChI=1S/C14H19ClN2O2/c1-10(2)8-19-9-13(18)7-17-12-4-3-11(6-16)14(15)5-12/h3-5,10,13,17-18H,7-9H2,1-2H3. The molecule has 0 radical (unpaired) electrons. The number of halogens is 1. The third kappa shape index (κ3) is 5.93. The molecule has 4 nitrogen and oxygen atoms in total. The molecule has 0 bridgehead atoms. The number of nitrogens with one attached hydrogen (secondary N) is 1. The molecule has 0 saturated carbocycles. The zero-order valence-electron chi connectivity index (χ0n) is 11.2. The number of nitrogens with zero attached hydrogens (tertiary/aromatic N) is 1. The second-order valence-corrected chi connectivity index (χ2v) is 5.18. The van der Waals surface area contributed by atoms with Crippen LogP contribution in [-0.4, -0.2) is 31.0 Å². The Morgan fingerprint density at radius 2 is 2.16 bits per heavy atom. The monoisotopic (exact) mass is 282 g/mol. The van der Waals surface area contributed by atoms with Gasteiger partial charge in [0.1, 0.15) is 6.07 Å². The van der Waals surface area contributed by atoms with E-state index < -0.39 is 6.10 Å². The van der Waals surface area contributed by atoms with E-state index in [9.17, 15) is 5.11 Å². The van der Waals surface area contributed by atoms with Gasteiger partial charge in [0.2, 0.25) is 0 Å². The Morgan fingerprint density at radius 1 is 1.42 bits per heavy atom. The lowest BCUT2D eigenvalue weighted by atomic mass is 10.2. The summed E-state index contributed by atoms with van der Waals surface area (Å²) >= 11 is 5.91. The first-order valence-corrected chi connectivity index (χ1v) is 6.60. The Bertz CT molecular complexity index is 444. The number of hydrogen-bond acceptors (Lipinski definition) is 4. The fourth-order valence-electron chi connectivity index (χ4n) is 1.45. The Kier molecular flexibility index (Phi) is 6.65. The van der Waals surface area contributed by atoms with Crippen LogP contribution in [0.25, 0.3) is 0 Å². The van der Waals surface area contributed by atoms with Crippen molar-refractivity contribution in [3.8, 4) is 6.07 Å². The van der Waals surface area contributed by atoms with Crippen molar-refractivity contribution in [2.45, 2.75) is 20.0 Å². The predicted octanol–water partition coefficient (Wildman–Crippen LogP) is 2.66. The van der Waals surface area contributed by atoms with Crippen LogP contribution in [0, 0.1) is 17.2 Å². The topological polar surface area (TPSA) is 65.3 Å². The molecule has 1 aromatic carbocycles. The van der Waals surface area contributed by atoms with Gasteiger partial charge >= 0.3 is 0 Å². The smallest absolute Gasteiger partial charge is 0.101 e. The molecule has 0 amide bonds. The van der Waals surface area contributed by atoms with Crippen LogP contribution in [0.3, 0.4) is 0 Å². The molecule has 1 rings (SSSR count). The molecule has 1 aromatic rings. The summed E-state index contributed by atoms with van der Waals surface area (Å²) in [6.45, 7) is 5.43. The van der Waals surface area contributed by atoms with Gasteiger partial charge in [0, 0.05) is 18.8 Å². The summed E-state index contributed by atoms with van der Waals surface area (Å²) in [5.41, 5.74) is 1.21. The molecule has 104 valence electrons. The van der Waals surface area contributed by atoms with Gasteiger partial charge in [-0.2, -0.15) is 5.26 Å². The van der Waals surface area contributed by atoms with Gasteiger partial charge < -0.3 is 15.2 Å². The van der Waals surface area contributed by atoms with Crippen molar-refractivity contribution in [1.82, 2.24) is 0 Å². The van der Waals surface area contributed by atoms with E-state index in [1.54, 1.807) is 18.2 Å². The van der Waals surface area contributed by atoms with E-state index >= 15 is 0 Å². The molecule has 5 heteroatoms. The average molecular weight is 283 g/mol. The molecule has 19 heavy (non-hydrogen) atoms. The number of hydrogen-bond donors (Lipinski definition) is 2. The van der Waals surface area contributed by atoms with Crippen LogP contribution < -0.4 is 5.32 Å². The van der Waals surface area contributed by atoms with Gasteiger partial charge in [-0.15, -0.1) is 0 Å². The lowest BCUT2D eigenvalue weighted by Gasteiger charge is -2.14. The molecule has 1 unspecified atom stereocenters. The molecule has 0 aliphatic heterocycles. The highest BCUT2D eigenvalue weighted by atomic mass is 35.5. The fourth-order valence-corrected chi connectivity index (χ4v) is 1.67. The molecule has 0 fully saturated rings. The number of anilines is 1. The summed E-state index contributed by atoms with van der Waals surface area (Å²) < 4.78 is 5.35. The van der Waals surface area contributed by atoms with E-state index in [0.717, 1.165) is 5.69 Å². The minimum absolute atomic E-state index is 0.301.